The van der Waals surface area contributed by atoms with Gasteiger partial charge in [-0.2, -0.15) is 5.10 Å². The number of nitrogen functional groups attached to an aromatic ring is 1. The number of benzene rings is 2. The van der Waals surface area contributed by atoms with Gasteiger partial charge < -0.3 is 20.6 Å². The van der Waals surface area contributed by atoms with E-state index in [1.165, 1.54) is 4.68 Å². The highest BCUT2D eigenvalue weighted by Gasteiger charge is 2.16. The number of nitrogens with zero attached hydrogens (tertiary/aromatic N) is 2. The van der Waals surface area contributed by atoms with Crippen molar-refractivity contribution < 1.29 is 9.84 Å². The average Bonchev–Trinajstić information content (AvgIpc) is 2.99. The summed E-state index contributed by atoms with van der Waals surface area (Å²) in [5, 5.41) is 14.6. The van der Waals surface area contributed by atoms with Gasteiger partial charge in [0.2, 0.25) is 0 Å². The van der Waals surface area contributed by atoms with Crippen LogP contribution in [0.5, 0.6) is 5.75 Å². The van der Waals surface area contributed by atoms with Gasteiger partial charge in [0, 0.05) is 11.5 Å². The van der Waals surface area contributed by atoms with E-state index in [9.17, 15) is 4.79 Å². The van der Waals surface area contributed by atoms with Crippen molar-refractivity contribution in [2.24, 2.45) is 0 Å². The minimum absolute atomic E-state index is 0.0701. The second-order valence-electron chi connectivity index (χ2n) is 5.59. The lowest BCUT2D eigenvalue weighted by Gasteiger charge is -2.07. The smallest absolute Gasteiger partial charge is 0.261 e. The van der Waals surface area contributed by atoms with Crippen LogP contribution in [0.2, 0.25) is 0 Å². The fourth-order valence-electron chi connectivity index (χ4n) is 2.89. The summed E-state index contributed by atoms with van der Waals surface area (Å²) in [7, 11) is 0. The number of nitrogens with two attached hydrogens (primary N) is 1. The first-order valence-electron chi connectivity index (χ1n) is 7.82. The number of fused-ring (bicyclic) bond motifs is 3. The van der Waals surface area contributed by atoms with E-state index in [4.69, 9.17) is 15.6 Å². The van der Waals surface area contributed by atoms with Crippen molar-refractivity contribution in [1.29, 1.82) is 0 Å². The van der Waals surface area contributed by atoms with Gasteiger partial charge in [-0.3, -0.25) is 4.79 Å². The lowest BCUT2D eigenvalue weighted by Crippen LogP contribution is -2.08. The highest BCUT2D eigenvalue weighted by Crippen LogP contribution is 2.27. The van der Waals surface area contributed by atoms with E-state index in [0.29, 0.717) is 27.9 Å². The number of H-pyrrole nitrogens is 1. The van der Waals surface area contributed by atoms with Crippen molar-refractivity contribution in [1.82, 2.24) is 14.8 Å². The van der Waals surface area contributed by atoms with E-state index in [-0.39, 0.29) is 24.6 Å². The fourth-order valence-corrected chi connectivity index (χ4v) is 2.89. The summed E-state index contributed by atoms with van der Waals surface area (Å²) in [6, 6.07) is 14.6. The van der Waals surface area contributed by atoms with E-state index in [1.807, 2.05) is 30.3 Å². The second-order valence-corrected chi connectivity index (χ2v) is 5.59. The molecule has 2 heterocycles. The van der Waals surface area contributed by atoms with Crippen molar-refractivity contribution in [2.75, 3.05) is 18.9 Å². The number of pyridine rings is 1. The number of rotatable bonds is 4. The van der Waals surface area contributed by atoms with Gasteiger partial charge in [-0.15, -0.1) is 0 Å². The normalized spacial score (nSPS) is 11.2. The zero-order valence-corrected chi connectivity index (χ0v) is 13.3. The Morgan fingerprint density at radius 3 is 2.88 bits per heavy atom. The molecule has 4 aromatic rings. The zero-order chi connectivity index (χ0) is 17.4. The number of aromatic nitrogens is 3. The highest BCUT2D eigenvalue weighted by atomic mass is 16.5. The van der Waals surface area contributed by atoms with Gasteiger partial charge >= 0.3 is 0 Å². The summed E-state index contributed by atoms with van der Waals surface area (Å²) in [5.74, 6) is 0.852. The molecule has 4 rings (SSSR count). The van der Waals surface area contributed by atoms with Crippen molar-refractivity contribution in [3.63, 3.8) is 0 Å². The first-order chi connectivity index (χ1) is 12.2. The summed E-state index contributed by atoms with van der Waals surface area (Å²) >= 11 is 0. The molecule has 0 aliphatic heterocycles. The summed E-state index contributed by atoms with van der Waals surface area (Å²) in [6.45, 7) is 0.129. The molecule has 2 aromatic heterocycles. The summed E-state index contributed by atoms with van der Waals surface area (Å²) in [5.41, 5.74) is 7.88. The Morgan fingerprint density at radius 1 is 1.20 bits per heavy atom. The molecular weight excluding hydrogens is 320 g/mol. The van der Waals surface area contributed by atoms with Crippen LogP contribution < -0.4 is 16.0 Å². The standard InChI is InChI=1S/C18H16N4O3/c19-17-15-16(13-6-1-2-7-14(13)20-18(15)24)21-22(17)11-4-3-5-12(10-11)25-9-8-23/h1-7,10,23H,8-9,19H2,(H,20,24). The lowest BCUT2D eigenvalue weighted by atomic mass is 10.1. The van der Waals surface area contributed by atoms with Crippen molar-refractivity contribution >= 4 is 27.6 Å². The molecule has 0 saturated carbocycles. The maximum absolute atomic E-state index is 12.4. The first kappa shape index (κ1) is 15.2. The maximum atomic E-state index is 12.4. The topological polar surface area (TPSA) is 106 Å². The number of anilines is 1. The van der Waals surface area contributed by atoms with Gasteiger partial charge in [0.25, 0.3) is 5.56 Å². The molecule has 2 aromatic carbocycles. The Balaban J connectivity index is 1.94. The highest BCUT2D eigenvalue weighted by molar-refractivity contribution is 6.06. The number of hydrogen-bond acceptors (Lipinski definition) is 5. The Bertz CT molecular complexity index is 1130. The molecule has 0 saturated heterocycles. The van der Waals surface area contributed by atoms with Gasteiger partial charge in [0.05, 0.1) is 17.8 Å². The predicted octanol–water partition coefficient (Wildman–Crippen LogP) is 1.82. The molecular formula is C18H16N4O3. The summed E-state index contributed by atoms with van der Waals surface area (Å²) in [6.07, 6.45) is 0. The van der Waals surface area contributed by atoms with E-state index >= 15 is 0 Å². The van der Waals surface area contributed by atoms with Gasteiger partial charge in [-0.25, -0.2) is 4.68 Å². The van der Waals surface area contributed by atoms with Crippen LogP contribution in [0.15, 0.2) is 53.3 Å². The van der Waals surface area contributed by atoms with Crippen LogP contribution in [0.1, 0.15) is 0 Å². The Morgan fingerprint density at radius 2 is 2.04 bits per heavy atom. The van der Waals surface area contributed by atoms with Crippen LogP contribution in [0.25, 0.3) is 27.5 Å². The minimum atomic E-state index is -0.273. The Hall–Kier alpha value is -3.32. The van der Waals surface area contributed by atoms with Crippen LogP contribution in [-0.2, 0) is 0 Å². The minimum Gasteiger partial charge on any atom is -0.491 e. The van der Waals surface area contributed by atoms with Gasteiger partial charge in [0.1, 0.15) is 29.1 Å². The molecule has 0 aliphatic carbocycles. The number of aliphatic hydroxyl groups excluding tert-OH is 1. The molecule has 0 bridgehead atoms. The van der Waals surface area contributed by atoms with E-state index < -0.39 is 0 Å². The predicted molar refractivity (Wildman–Crippen MR) is 96.2 cm³/mol. The lowest BCUT2D eigenvalue weighted by molar-refractivity contribution is 0.201. The molecule has 0 fully saturated rings. The van der Waals surface area contributed by atoms with Crippen molar-refractivity contribution in [3.8, 4) is 11.4 Å². The van der Waals surface area contributed by atoms with Gasteiger partial charge in [-0.05, 0) is 18.2 Å². The Kier molecular flexibility index (Phi) is 3.62. The molecule has 126 valence electrons. The third-order valence-electron chi connectivity index (χ3n) is 4.00. The SMILES string of the molecule is Nc1c2c(=O)[nH]c3ccccc3c2nn1-c1cccc(OCCO)c1. The van der Waals surface area contributed by atoms with Crippen LogP contribution in [0.4, 0.5) is 5.82 Å². The fraction of sp³-hybridized carbons (Fsp3) is 0.111. The molecule has 7 heteroatoms. The first-order valence-corrected chi connectivity index (χ1v) is 7.82. The maximum Gasteiger partial charge on any atom is 0.261 e. The number of aliphatic hydroxyl groups is 1. The monoisotopic (exact) mass is 336 g/mol. The molecule has 7 nitrogen and oxygen atoms in total. The van der Waals surface area contributed by atoms with Gasteiger partial charge in [0.15, 0.2) is 0 Å². The van der Waals surface area contributed by atoms with Crippen LogP contribution >= 0.6 is 0 Å². The van der Waals surface area contributed by atoms with Crippen molar-refractivity contribution in [3.05, 3.63) is 58.9 Å². The molecule has 4 N–H and O–H groups in total. The van der Waals surface area contributed by atoms with Crippen LogP contribution in [-0.4, -0.2) is 33.1 Å². The molecule has 25 heavy (non-hydrogen) atoms. The largest absolute Gasteiger partial charge is 0.491 e. The summed E-state index contributed by atoms with van der Waals surface area (Å²) < 4.78 is 6.95. The average molecular weight is 336 g/mol. The van der Waals surface area contributed by atoms with Gasteiger partial charge in [-0.1, -0.05) is 24.3 Å². The zero-order valence-electron chi connectivity index (χ0n) is 13.3. The number of nitrogens with one attached hydrogen (secondary N) is 1. The quantitative estimate of drug-likeness (QED) is 0.527. The second kappa shape index (κ2) is 5.95. The number of para-hydroxylation sites is 1. The molecule has 0 aliphatic rings. The molecule has 0 amide bonds. The molecule has 0 unspecified atom stereocenters. The Labute approximate surface area is 142 Å². The van der Waals surface area contributed by atoms with Crippen LogP contribution in [0, 0.1) is 0 Å². The van der Waals surface area contributed by atoms with Crippen molar-refractivity contribution in [2.45, 2.75) is 0 Å². The number of ether oxygens (including phenoxy) is 1. The number of aromatic amines is 1. The number of hydrogen-bond donors (Lipinski definition) is 3. The summed E-state index contributed by atoms with van der Waals surface area (Å²) in [4.78, 5) is 15.3. The third-order valence-corrected chi connectivity index (χ3v) is 4.00. The molecule has 0 atom stereocenters. The van der Waals surface area contributed by atoms with Crippen LogP contribution in [0.3, 0.4) is 0 Å². The molecule has 0 radical (unpaired) electrons. The third kappa shape index (κ3) is 2.50. The van der Waals surface area contributed by atoms with E-state index in [2.05, 4.69) is 10.1 Å². The molecule has 0 spiro atoms. The van der Waals surface area contributed by atoms with E-state index in [1.54, 1.807) is 18.2 Å². The van der Waals surface area contributed by atoms with E-state index in [0.717, 1.165) is 5.39 Å².